The van der Waals surface area contributed by atoms with Gasteiger partial charge in [-0.1, -0.05) is 0 Å². The number of nitrogens with one attached hydrogen (secondary N) is 2. The number of piperidine rings is 1. The maximum absolute atomic E-state index is 11.8. The molecule has 2 heterocycles. The average Bonchev–Trinajstić information content (AvgIpc) is 2.38. The number of hydrogen-bond acceptors (Lipinski definition) is 3. The number of ether oxygens (including phenoxy) is 1. The average molecular weight is 227 g/mol. The lowest BCUT2D eigenvalue weighted by molar-refractivity contribution is 0.0529. The van der Waals surface area contributed by atoms with Gasteiger partial charge in [-0.05, 0) is 31.8 Å². The summed E-state index contributed by atoms with van der Waals surface area (Å²) in [5, 5.41) is 6.37. The largest absolute Gasteiger partial charge is 0.378 e. The zero-order valence-electron chi connectivity index (χ0n) is 9.71. The van der Waals surface area contributed by atoms with Gasteiger partial charge in [0.1, 0.15) is 0 Å². The standard InChI is InChI=1S/C11H21N3O2/c15-11(14-4-6-16-7-5-14)13-9-10-2-1-3-12-8-10/h10,12H,1-9H2,(H,13,15). The summed E-state index contributed by atoms with van der Waals surface area (Å²) in [6, 6.07) is 0.0638. The Morgan fingerprint density at radius 2 is 2.25 bits per heavy atom. The van der Waals surface area contributed by atoms with Crippen LogP contribution in [0.3, 0.4) is 0 Å². The van der Waals surface area contributed by atoms with Gasteiger partial charge in [0.25, 0.3) is 0 Å². The van der Waals surface area contributed by atoms with Crippen LogP contribution in [-0.4, -0.2) is 56.9 Å². The minimum absolute atomic E-state index is 0.0638. The molecule has 2 aliphatic heterocycles. The van der Waals surface area contributed by atoms with Gasteiger partial charge in [-0.2, -0.15) is 0 Å². The van der Waals surface area contributed by atoms with Crippen LogP contribution in [0.4, 0.5) is 4.79 Å². The van der Waals surface area contributed by atoms with Crippen molar-refractivity contribution in [3.05, 3.63) is 0 Å². The Balaban J connectivity index is 1.65. The molecular formula is C11H21N3O2. The third-order valence-electron chi connectivity index (χ3n) is 3.24. The number of morpholine rings is 1. The fourth-order valence-corrected chi connectivity index (χ4v) is 2.21. The Bertz CT molecular complexity index is 223. The van der Waals surface area contributed by atoms with Crippen LogP contribution >= 0.6 is 0 Å². The zero-order valence-corrected chi connectivity index (χ0v) is 9.71. The van der Waals surface area contributed by atoms with E-state index in [9.17, 15) is 4.79 Å². The quantitative estimate of drug-likeness (QED) is 0.699. The number of rotatable bonds is 2. The topological polar surface area (TPSA) is 53.6 Å². The molecule has 2 saturated heterocycles. The minimum atomic E-state index is 0.0638. The lowest BCUT2D eigenvalue weighted by Crippen LogP contribution is -2.48. The monoisotopic (exact) mass is 227 g/mol. The molecule has 16 heavy (non-hydrogen) atoms. The van der Waals surface area contributed by atoms with Crippen LogP contribution in [0.1, 0.15) is 12.8 Å². The maximum atomic E-state index is 11.8. The number of carbonyl (C=O) groups is 1. The van der Waals surface area contributed by atoms with Crippen LogP contribution in [-0.2, 0) is 4.74 Å². The second-order valence-electron chi connectivity index (χ2n) is 4.50. The summed E-state index contributed by atoms with van der Waals surface area (Å²) in [6.07, 6.45) is 2.44. The predicted molar refractivity (Wildman–Crippen MR) is 61.4 cm³/mol. The van der Waals surface area contributed by atoms with E-state index < -0.39 is 0 Å². The van der Waals surface area contributed by atoms with Crippen LogP contribution in [0, 0.1) is 5.92 Å². The van der Waals surface area contributed by atoms with Crippen LogP contribution in [0.2, 0.25) is 0 Å². The Kier molecular flexibility index (Phi) is 4.42. The first-order valence-corrected chi connectivity index (χ1v) is 6.17. The summed E-state index contributed by atoms with van der Waals surface area (Å²) in [5.41, 5.74) is 0. The molecule has 0 aliphatic carbocycles. The molecule has 0 radical (unpaired) electrons. The zero-order chi connectivity index (χ0) is 11.2. The molecule has 1 atom stereocenters. The van der Waals surface area contributed by atoms with E-state index in [1.807, 2.05) is 4.90 Å². The van der Waals surface area contributed by atoms with Gasteiger partial charge in [0.05, 0.1) is 13.2 Å². The van der Waals surface area contributed by atoms with Gasteiger partial charge in [-0.3, -0.25) is 0 Å². The fourth-order valence-electron chi connectivity index (χ4n) is 2.21. The molecule has 2 N–H and O–H groups in total. The smallest absolute Gasteiger partial charge is 0.317 e. The normalized spacial score (nSPS) is 26.5. The first kappa shape index (κ1) is 11.7. The lowest BCUT2D eigenvalue weighted by atomic mass is 10.00. The second-order valence-corrected chi connectivity index (χ2v) is 4.50. The maximum Gasteiger partial charge on any atom is 0.317 e. The van der Waals surface area contributed by atoms with Gasteiger partial charge in [-0.25, -0.2) is 4.79 Å². The second kappa shape index (κ2) is 6.06. The van der Waals surface area contributed by atoms with Crippen LogP contribution in [0.5, 0.6) is 0 Å². The Hall–Kier alpha value is -0.810. The van der Waals surface area contributed by atoms with Crippen molar-refractivity contribution in [3.8, 4) is 0 Å². The fraction of sp³-hybridized carbons (Fsp3) is 0.909. The number of nitrogens with zero attached hydrogens (tertiary/aromatic N) is 1. The highest BCUT2D eigenvalue weighted by Crippen LogP contribution is 2.08. The third-order valence-corrected chi connectivity index (χ3v) is 3.24. The Labute approximate surface area is 96.5 Å². The molecule has 2 aliphatic rings. The molecular weight excluding hydrogens is 206 g/mol. The van der Waals surface area contributed by atoms with Crippen molar-refractivity contribution >= 4 is 6.03 Å². The van der Waals surface area contributed by atoms with Crippen LogP contribution in [0.15, 0.2) is 0 Å². The highest BCUT2D eigenvalue weighted by atomic mass is 16.5. The van der Waals surface area contributed by atoms with Crippen molar-refractivity contribution in [1.82, 2.24) is 15.5 Å². The summed E-state index contributed by atoms with van der Waals surface area (Å²) in [6.45, 7) is 5.71. The first-order valence-electron chi connectivity index (χ1n) is 6.17. The summed E-state index contributed by atoms with van der Waals surface area (Å²) >= 11 is 0. The van der Waals surface area contributed by atoms with Crippen molar-refractivity contribution in [3.63, 3.8) is 0 Å². The molecule has 0 aromatic rings. The third kappa shape index (κ3) is 3.35. The minimum Gasteiger partial charge on any atom is -0.378 e. The summed E-state index contributed by atoms with van der Waals surface area (Å²) in [5.74, 6) is 0.596. The number of urea groups is 1. The molecule has 2 rings (SSSR count). The molecule has 0 aromatic carbocycles. The van der Waals surface area contributed by atoms with E-state index >= 15 is 0 Å². The van der Waals surface area contributed by atoms with Crippen LogP contribution < -0.4 is 10.6 Å². The van der Waals surface area contributed by atoms with E-state index in [4.69, 9.17) is 4.74 Å². The summed E-state index contributed by atoms with van der Waals surface area (Å²) < 4.78 is 5.21. The van der Waals surface area contributed by atoms with Gasteiger partial charge in [0, 0.05) is 19.6 Å². The molecule has 2 fully saturated rings. The van der Waals surface area contributed by atoms with E-state index in [0.29, 0.717) is 19.1 Å². The predicted octanol–water partition coefficient (Wildman–Crippen LogP) is 0.0278. The van der Waals surface area contributed by atoms with E-state index in [2.05, 4.69) is 10.6 Å². The summed E-state index contributed by atoms with van der Waals surface area (Å²) in [7, 11) is 0. The molecule has 1 unspecified atom stereocenters. The molecule has 0 spiro atoms. The lowest BCUT2D eigenvalue weighted by Gasteiger charge is -2.29. The molecule has 92 valence electrons. The van der Waals surface area contributed by atoms with Crippen molar-refractivity contribution in [2.24, 2.45) is 5.92 Å². The summed E-state index contributed by atoms with van der Waals surface area (Å²) in [4.78, 5) is 13.6. The van der Waals surface area contributed by atoms with Gasteiger partial charge in [0.2, 0.25) is 0 Å². The molecule has 0 aromatic heterocycles. The molecule has 2 amide bonds. The SMILES string of the molecule is O=C(NCC1CCCNC1)N1CCOCC1. The molecule has 5 nitrogen and oxygen atoms in total. The van der Waals surface area contributed by atoms with Gasteiger partial charge >= 0.3 is 6.03 Å². The van der Waals surface area contributed by atoms with Crippen molar-refractivity contribution in [2.45, 2.75) is 12.8 Å². The van der Waals surface area contributed by atoms with E-state index in [-0.39, 0.29) is 6.03 Å². The van der Waals surface area contributed by atoms with E-state index in [1.54, 1.807) is 0 Å². The Morgan fingerprint density at radius 1 is 1.44 bits per heavy atom. The Morgan fingerprint density at radius 3 is 2.94 bits per heavy atom. The van der Waals surface area contributed by atoms with Crippen LogP contribution in [0.25, 0.3) is 0 Å². The van der Waals surface area contributed by atoms with Gasteiger partial charge in [-0.15, -0.1) is 0 Å². The van der Waals surface area contributed by atoms with Gasteiger partial charge < -0.3 is 20.3 Å². The van der Waals surface area contributed by atoms with E-state index in [0.717, 1.165) is 32.7 Å². The highest BCUT2D eigenvalue weighted by Gasteiger charge is 2.18. The molecule has 0 bridgehead atoms. The van der Waals surface area contributed by atoms with Gasteiger partial charge in [0.15, 0.2) is 0 Å². The van der Waals surface area contributed by atoms with Crippen molar-refractivity contribution in [2.75, 3.05) is 45.9 Å². The molecule has 0 saturated carbocycles. The van der Waals surface area contributed by atoms with Crippen molar-refractivity contribution < 1.29 is 9.53 Å². The first-order chi connectivity index (χ1) is 7.86. The highest BCUT2D eigenvalue weighted by molar-refractivity contribution is 5.74. The number of carbonyl (C=O) groups excluding carboxylic acids is 1. The molecule has 5 heteroatoms. The van der Waals surface area contributed by atoms with E-state index in [1.165, 1.54) is 12.8 Å². The number of amides is 2. The number of hydrogen-bond donors (Lipinski definition) is 2. The van der Waals surface area contributed by atoms with Crippen molar-refractivity contribution in [1.29, 1.82) is 0 Å².